The number of phenolic OH excluding ortho intramolecular Hbond substituents is 1. The van der Waals surface area contributed by atoms with E-state index >= 15 is 0 Å². The van der Waals surface area contributed by atoms with E-state index in [0.29, 0.717) is 5.84 Å². The largest absolute Gasteiger partial charge is 0.508 e. The maximum Gasteiger partial charge on any atom is 0.166 e. The van der Waals surface area contributed by atoms with Gasteiger partial charge in [0.15, 0.2) is 5.84 Å². The van der Waals surface area contributed by atoms with Crippen molar-refractivity contribution in [3.05, 3.63) is 29.8 Å². The van der Waals surface area contributed by atoms with Crippen molar-refractivity contribution in [1.82, 2.24) is 5.43 Å². The molecule has 1 rings (SSSR count). The SMILES string of the molecule is NN=C(NN)c1ccc(O)cc1. The lowest BCUT2D eigenvalue weighted by Gasteiger charge is -2.02. The first-order valence-electron chi connectivity index (χ1n) is 3.32. The Labute approximate surface area is 69.7 Å². The smallest absolute Gasteiger partial charge is 0.166 e. The number of hydrazine groups is 1. The molecule has 0 atom stereocenters. The van der Waals surface area contributed by atoms with Crippen LogP contribution in [0.1, 0.15) is 5.56 Å². The normalized spacial score (nSPS) is 11.2. The second-order valence-electron chi connectivity index (χ2n) is 2.17. The van der Waals surface area contributed by atoms with Crippen molar-refractivity contribution in [1.29, 1.82) is 0 Å². The number of benzene rings is 1. The van der Waals surface area contributed by atoms with E-state index in [4.69, 9.17) is 16.8 Å². The van der Waals surface area contributed by atoms with Crippen LogP contribution in [0.2, 0.25) is 0 Å². The number of hydrazone groups is 1. The summed E-state index contributed by atoms with van der Waals surface area (Å²) in [5.74, 6) is 10.7. The van der Waals surface area contributed by atoms with E-state index in [-0.39, 0.29) is 5.75 Å². The van der Waals surface area contributed by atoms with E-state index in [1.54, 1.807) is 12.1 Å². The lowest BCUT2D eigenvalue weighted by Crippen LogP contribution is -2.31. The van der Waals surface area contributed by atoms with E-state index in [1.807, 2.05) is 0 Å². The van der Waals surface area contributed by atoms with E-state index in [9.17, 15) is 0 Å². The summed E-state index contributed by atoms with van der Waals surface area (Å²) >= 11 is 0. The number of nitrogens with zero attached hydrogens (tertiary/aromatic N) is 1. The van der Waals surface area contributed by atoms with Gasteiger partial charge in [-0.2, -0.15) is 5.10 Å². The van der Waals surface area contributed by atoms with Gasteiger partial charge in [0.1, 0.15) is 5.75 Å². The molecule has 0 amide bonds. The van der Waals surface area contributed by atoms with Crippen molar-refractivity contribution in [2.24, 2.45) is 16.8 Å². The standard InChI is InChI=1S/C7H10N4O/c8-10-7(11-9)5-1-3-6(12)4-2-5/h1-4,12H,8-9H2,(H,10,11). The van der Waals surface area contributed by atoms with Gasteiger partial charge in [-0.15, -0.1) is 0 Å². The minimum Gasteiger partial charge on any atom is -0.508 e. The molecule has 1 aromatic rings. The zero-order valence-electron chi connectivity index (χ0n) is 6.36. The zero-order valence-corrected chi connectivity index (χ0v) is 6.36. The molecule has 0 aromatic heterocycles. The Balaban J connectivity index is 2.96. The molecule has 12 heavy (non-hydrogen) atoms. The highest BCUT2D eigenvalue weighted by atomic mass is 16.3. The number of rotatable bonds is 1. The molecule has 0 aliphatic heterocycles. The van der Waals surface area contributed by atoms with Gasteiger partial charge in [-0.05, 0) is 24.3 Å². The van der Waals surface area contributed by atoms with E-state index in [1.165, 1.54) is 12.1 Å². The summed E-state index contributed by atoms with van der Waals surface area (Å²) in [6.07, 6.45) is 0. The van der Waals surface area contributed by atoms with Gasteiger partial charge in [-0.25, -0.2) is 5.84 Å². The number of hydrogen-bond acceptors (Lipinski definition) is 4. The molecule has 0 fully saturated rings. The molecule has 0 heterocycles. The Bertz CT molecular complexity index is 280. The molecule has 0 aliphatic rings. The summed E-state index contributed by atoms with van der Waals surface area (Å²) in [4.78, 5) is 0. The molecular weight excluding hydrogens is 156 g/mol. The van der Waals surface area contributed by atoms with Crippen LogP contribution in [0, 0.1) is 0 Å². The van der Waals surface area contributed by atoms with Gasteiger partial charge in [0, 0.05) is 5.56 Å². The fourth-order valence-electron chi connectivity index (χ4n) is 0.814. The minimum absolute atomic E-state index is 0.187. The first-order chi connectivity index (χ1) is 5.77. The van der Waals surface area contributed by atoms with Gasteiger partial charge in [0.25, 0.3) is 0 Å². The Kier molecular flexibility index (Phi) is 2.49. The second-order valence-corrected chi connectivity index (χ2v) is 2.17. The van der Waals surface area contributed by atoms with E-state index in [0.717, 1.165) is 5.56 Å². The van der Waals surface area contributed by atoms with Gasteiger partial charge in [0.2, 0.25) is 0 Å². The molecule has 5 nitrogen and oxygen atoms in total. The third-order valence-electron chi connectivity index (χ3n) is 1.41. The Morgan fingerprint density at radius 3 is 2.33 bits per heavy atom. The molecule has 64 valence electrons. The van der Waals surface area contributed by atoms with Crippen molar-refractivity contribution in [3.8, 4) is 5.75 Å². The lowest BCUT2D eigenvalue weighted by molar-refractivity contribution is 0.475. The minimum atomic E-state index is 0.187. The molecule has 1 aromatic carbocycles. The van der Waals surface area contributed by atoms with Crippen molar-refractivity contribution in [2.75, 3.05) is 0 Å². The van der Waals surface area contributed by atoms with Gasteiger partial charge in [-0.1, -0.05) is 0 Å². The Morgan fingerprint density at radius 2 is 1.92 bits per heavy atom. The van der Waals surface area contributed by atoms with Crippen LogP contribution in [0.15, 0.2) is 29.4 Å². The van der Waals surface area contributed by atoms with Gasteiger partial charge in [0.05, 0.1) is 0 Å². The maximum absolute atomic E-state index is 8.96. The molecule has 5 heteroatoms. The number of nitrogens with one attached hydrogen (secondary N) is 1. The third kappa shape index (κ3) is 1.64. The topological polar surface area (TPSA) is 96.7 Å². The van der Waals surface area contributed by atoms with Crippen LogP contribution >= 0.6 is 0 Å². The van der Waals surface area contributed by atoms with Crippen LogP contribution in [-0.2, 0) is 0 Å². The highest BCUT2D eigenvalue weighted by Gasteiger charge is 1.99. The summed E-state index contributed by atoms with van der Waals surface area (Å²) < 4.78 is 0. The van der Waals surface area contributed by atoms with Crippen molar-refractivity contribution < 1.29 is 5.11 Å². The van der Waals surface area contributed by atoms with Crippen LogP contribution < -0.4 is 17.1 Å². The molecule has 0 bridgehead atoms. The summed E-state index contributed by atoms with van der Waals surface area (Å²) in [6.45, 7) is 0. The van der Waals surface area contributed by atoms with Crippen LogP contribution in [0.3, 0.4) is 0 Å². The van der Waals surface area contributed by atoms with E-state index in [2.05, 4.69) is 10.5 Å². The van der Waals surface area contributed by atoms with Crippen LogP contribution in [0.25, 0.3) is 0 Å². The quantitative estimate of drug-likeness (QED) is 0.195. The Morgan fingerprint density at radius 1 is 1.33 bits per heavy atom. The van der Waals surface area contributed by atoms with E-state index < -0.39 is 0 Å². The average molecular weight is 166 g/mol. The van der Waals surface area contributed by atoms with Gasteiger partial charge in [-0.3, -0.25) is 0 Å². The van der Waals surface area contributed by atoms with Gasteiger partial charge >= 0.3 is 0 Å². The number of amidine groups is 1. The highest BCUT2D eigenvalue weighted by molar-refractivity contribution is 5.98. The fraction of sp³-hybridized carbons (Fsp3) is 0. The predicted octanol–water partition coefficient (Wildman–Crippen LogP) is -0.524. The number of phenols is 1. The molecule has 0 saturated heterocycles. The summed E-state index contributed by atoms with van der Waals surface area (Å²) in [5, 5.41) is 12.4. The summed E-state index contributed by atoms with van der Waals surface area (Å²) in [5.41, 5.74) is 3.05. The second kappa shape index (κ2) is 3.59. The highest BCUT2D eigenvalue weighted by Crippen LogP contribution is 2.09. The number of hydrogen-bond donors (Lipinski definition) is 4. The van der Waals surface area contributed by atoms with Crippen LogP contribution in [0.4, 0.5) is 0 Å². The van der Waals surface area contributed by atoms with Crippen molar-refractivity contribution in [2.45, 2.75) is 0 Å². The number of nitrogens with two attached hydrogens (primary N) is 2. The summed E-state index contributed by atoms with van der Waals surface area (Å²) in [7, 11) is 0. The summed E-state index contributed by atoms with van der Waals surface area (Å²) in [6, 6.07) is 6.36. The molecule has 0 spiro atoms. The van der Waals surface area contributed by atoms with Crippen molar-refractivity contribution in [3.63, 3.8) is 0 Å². The maximum atomic E-state index is 8.96. The van der Waals surface area contributed by atoms with Crippen LogP contribution in [0.5, 0.6) is 5.75 Å². The van der Waals surface area contributed by atoms with Crippen LogP contribution in [-0.4, -0.2) is 10.9 Å². The fourth-order valence-corrected chi connectivity index (χ4v) is 0.814. The molecule has 0 aliphatic carbocycles. The molecule has 0 unspecified atom stereocenters. The predicted molar refractivity (Wildman–Crippen MR) is 46.2 cm³/mol. The monoisotopic (exact) mass is 166 g/mol. The first-order valence-corrected chi connectivity index (χ1v) is 3.32. The average Bonchev–Trinajstić information content (AvgIpc) is 2.10. The first kappa shape index (κ1) is 8.35. The zero-order chi connectivity index (χ0) is 8.97. The molecule has 0 saturated carbocycles. The number of aromatic hydroxyl groups is 1. The van der Waals surface area contributed by atoms with Crippen molar-refractivity contribution >= 4 is 5.84 Å². The molecule has 0 radical (unpaired) electrons. The molecule has 6 N–H and O–H groups in total. The third-order valence-corrected chi connectivity index (χ3v) is 1.41. The lowest BCUT2D eigenvalue weighted by atomic mass is 10.2. The Hall–Kier alpha value is -1.75. The molecular formula is C7H10N4O. The van der Waals surface area contributed by atoms with Gasteiger partial charge < -0.3 is 16.4 Å².